The van der Waals surface area contributed by atoms with Crippen LogP contribution in [0.4, 0.5) is 18.9 Å². The number of amides is 2. The molecule has 0 saturated carbocycles. The van der Waals surface area contributed by atoms with Gasteiger partial charge in [0.1, 0.15) is 12.6 Å². The lowest BCUT2D eigenvalue weighted by Crippen LogP contribution is -2.53. The maximum atomic E-state index is 14.5. The average Bonchev–Trinajstić information content (AvgIpc) is 3.03. The van der Waals surface area contributed by atoms with Crippen LogP contribution in [0.5, 0.6) is 0 Å². The predicted molar refractivity (Wildman–Crippen MR) is 177 cm³/mol. The smallest absolute Gasteiger partial charge is 0.355 e. The molecular formula is C33H29Cl3F3N3O4S. The van der Waals surface area contributed by atoms with Crippen LogP contribution in [0.25, 0.3) is 0 Å². The first-order valence-electron chi connectivity index (χ1n) is 14.2. The van der Waals surface area contributed by atoms with Gasteiger partial charge in [0.25, 0.3) is 10.0 Å². The van der Waals surface area contributed by atoms with Crippen molar-refractivity contribution in [3.05, 3.63) is 129 Å². The summed E-state index contributed by atoms with van der Waals surface area (Å²) in [5, 5.41) is 2.72. The number of alkyl halides is 3. The molecule has 0 aliphatic heterocycles. The summed E-state index contributed by atoms with van der Waals surface area (Å²) in [7, 11) is -4.69. The van der Waals surface area contributed by atoms with Crippen LogP contribution in [0.2, 0.25) is 15.1 Å². The molecule has 14 heteroatoms. The van der Waals surface area contributed by atoms with Gasteiger partial charge in [-0.2, -0.15) is 13.2 Å². The van der Waals surface area contributed by atoms with E-state index in [1.807, 2.05) is 0 Å². The highest BCUT2D eigenvalue weighted by Crippen LogP contribution is 2.38. The molecule has 0 bridgehead atoms. The van der Waals surface area contributed by atoms with E-state index in [2.05, 4.69) is 5.32 Å². The molecule has 2 amide bonds. The Hall–Kier alpha value is -3.77. The van der Waals surface area contributed by atoms with E-state index in [9.17, 15) is 31.2 Å². The van der Waals surface area contributed by atoms with Crippen LogP contribution in [0, 0.1) is 0 Å². The second-order valence-electron chi connectivity index (χ2n) is 10.3. The Bertz CT molecular complexity index is 1810. The number of nitrogens with one attached hydrogen (secondary N) is 1. The van der Waals surface area contributed by atoms with E-state index >= 15 is 0 Å². The normalized spacial score (nSPS) is 12.3. The topological polar surface area (TPSA) is 86.8 Å². The number of hydrogen-bond donors (Lipinski definition) is 1. The molecule has 47 heavy (non-hydrogen) atoms. The van der Waals surface area contributed by atoms with E-state index in [4.69, 9.17) is 34.8 Å². The average molecular weight is 727 g/mol. The van der Waals surface area contributed by atoms with Crippen LogP contribution in [-0.4, -0.2) is 44.3 Å². The molecule has 0 fully saturated rings. The van der Waals surface area contributed by atoms with Crippen molar-refractivity contribution in [1.82, 2.24) is 10.2 Å². The first kappa shape index (κ1) is 36.1. The van der Waals surface area contributed by atoms with Crippen molar-refractivity contribution in [3.8, 4) is 0 Å². The number of rotatable bonds is 12. The second kappa shape index (κ2) is 15.4. The number of carbonyl (C=O) groups is 2. The van der Waals surface area contributed by atoms with E-state index in [0.29, 0.717) is 22.0 Å². The van der Waals surface area contributed by atoms with Crippen LogP contribution in [0.15, 0.2) is 102 Å². The number of carbonyl (C=O) groups excluding carboxylic acids is 2. The fraction of sp³-hybridized carbons (Fsp3) is 0.212. The van der Waals surface area contributed by atoms with Gasteiger partial charge in [0.2, 0.25) is 11.8 Å². The first-order chi connectivity index (χ1) is 22.2. The summed E-state index contributed by atoms with van der Waals surface area (Å²) in [5.41, 5.74) is -0.795. The molecule has 0 heterocycles. The van der Waals surface area contributed by atoms with Crippen LogP contribution < -0.4 is 9.62 Å². The van der Waals surface area contributed by atoms with Crippen LogP contribution in [0.3, 0.4) is 0 Å². The van der Waals surface area contributed by atoms with Crippen LogP contribution in [0.1, 0.15) is 23.6 Å². The number of benzene rings is 4. The number of anilines is 1. The zero-order chi connectivity index (χ0) is 34.4. The minimum atomic E-state index is -4.85. The number of halogens is 6. The summed E-state index contributed by atoms with van der Waals surface area (Å²) in [6, 6.07) is 21.3. The monoisotopic (exact) mass is 725 g/mol. The lowest BCUT2D eigenvalue weighted by Gasteiger charge is -2.34. The van der Waals surface area contributed by atoms with Gasteiger partial charge in [-0.25, -0.2) is 8.42 Å². The number of nitrogens with zero attached hydrogens (tertiary/aromatic N) is 2. The van der Waals surface area contributed by atoms with Gasteiger partial charge in [-0.3, -0.25) is 13.9 Å². The number of sulfonamides is 1. The summed E-state index contributed by atoms with van der Waals surface area (Å²) >= 11 is 19.3. The zero-order valence-corrected chi connectivity index (χ0v) is 27.9. The van der Waals surface area contributed by atoms with Crippen molar-refractivity contribution in [2.75, 3.05) is 17.4 Å². The Morgan fingerprint density at radius 2 is 1.43 bits per heavy atom. The fourth-order valence-electron chi connectivity index (χ4n) is 4.81. The molecule has 0 saturated heterocycles. The highest BCUT2D eigenvalue weighted by atomic mass is 35.5. The third kappa shape index (κ3) is 8.78. The molecule has 4 aromatic rings. The van der Waals surface area contributed by atoms with Crippen molar-refractivity contribution in [2.24, 2.45) is 0 Å². The predicted octanol–water partition coefficient (Wildman–Crippen LogP) is 7.64. The molecule has 7 nitrogen and oxygen atoms in total. The molecule has 0 radical (unpaired) electrons. The summed E-state index contributed by atoms with van der Waals surface area (Å²) in [6.45, 7) is 0.554. The van der Waals surface area contributed by atoms with Gasteiger partial charge in [0.05, 0.1) is 21.2 Å². The Labute approximate surface area is 285 Å². The molecule has 248 valence electrons. The second-order valence-corrected chi connectivity index (χ2v) is 13.4. The number of hydrogen-bond acceptors (Lipinski definition) is 4. The summed E-state index contributed by atoms with van der Waals surface area (Å²) in [4.78, 5) is 28.9. The Kier molecular flexibility index (Phi) is 11.8. The number of likely N-dealkylation sites (N-methyl/N-ethyl adjacent to an activating group) is 1. The molecule has 4 rings (SSSR count). The summed E-state index contributed by atoms with van der Waals surface area (Å²) < 4.78 is 70.1. The lowest BCUT2D eigenvalue weighted by atomic mass is 10.0. The summed E-state index contributed by atoms with van der Waals surface area (Å²) in [6.07, 6.45) is -4.84. The Morgan fingerprint density at radius 3 is 2.00 bits per heavy atom. The molecular weight excluding hydrogens is 698 g/mol. The quantitative estimate of drug-likeness (QED) is 0.163. The van der Waals surface area contributed by atoms with E-state index in [1.54, 1.807) is 49.4 Å². The fourth-order valence-corrected chi connectivity index (χ4v) is 7.05. The van der Waals surface area contributed by atoms with Crippen molar-refractivity contribution in [2.45, 2.75) is 37.0 Å². The van der Waals surface area contributed by atoms with Gasteiger partial charge in [-0.1, -0.05) is 89.4 Å². The molecule has 0 unspecified atom stereocenters. The van der Waals surface area contributed by atoms with E-state index in [-0.39, 0.29) is 45.0 Å². The molecule has 0 aliphatic rings. The van der Waals surface area contributed by atoms with E-state index in [1.165, 1.54) is 36.4 Å². The maximum Gasteiger partial charge on any atom is 0.416 e. The van der Waals surface area contributed by atoms with Gasteiger partial charge in [-0.15, -0.1) is 0 Å². The molecule has 4 aromatic carbocycles. The summed E-state index contributed by atoms with van der Waals surface area (Å²) in [5.74, 6) is -1.48. The van der Waals surface area contributed by atoms with Gasteiger partial charge in [-0.05, 0) is 55.0 Å². The third-order valence-corrected chi connectivity index (χ3v) is 9.97. The minimum absolute atomic E-state index is 0.0102. The van der Waals surface area contributed by atoms with Crippen LogP contribution in [-0.2, 0) is 38.8 Å². The molecule has 0 aromatic heterocycles. The maximum absolute atomic E-state index is 14.5. The zero-order valence-electron chi connectivity index (χ0n) is 24.8. The Morgan fingerprint density at radius 1 is 0.830 bits per heavy atom. The highest BCUT2D eigenvalue weighted by Gasteiger charge is 2.37. The standard InChI is InChI=1S/C33H29Cl3F3N3O4S/c1-2-40-32(44)30(18-22-10-5-3-6-11-22)41(20-25-26(34)14-9-15-27(25)35)31(43)21-42(47(45,46)24-12-7-4-8-13-24)29-19-23(33(37,38)39)16-17-28(29)36/h3-17,19,30H,2,18,20-21H2,1H3,(H,40,44)/t30-/m0/s1. The minimum Gasteiger partial charge on any atom is -0.355 e. The molecule has 0 aliphatic carbocycles. The molecule has 1 atom stereocenters. The third-order valence-electron chi connectivity index (χ3n) is 7.16. The van der Waals surface area contributed by atoms with Gasteiger partial charge in [0, 0.05) is 35.1 Å². The lowest BCUT2D eigenvalue weighted by molar-refractivity contribution is -0.140. The van der Waals surface area contributed by atoms with Gasteiger partial charge >= 0.3 is 6.18 Å². The van der Waals surface area contributed by atoms with Crippen molar-refractivity contribution in [1.29, 1.82) is 0 Å². The molecule has 1 N–H and O–H groups in total. The van der Waals surface area contributed by atoms with Gasteiger partial charge in [0.15, 0.2) is 0 Å². The Balaban J connectivity index is 1.89. The van der Waals surface area contributed by atoms with Crippen molar-refractivity contribution < 1.29 is 31.2 Å². The largest absolute Gasteiger partial charge is 0.416 e. The highest BCUT2D eigenvalue weighted by molar-refractivity contribution is 7.92. The van der Waals surface area contributed by atoms with Gasteiger partial charge < -0.3 is 10.2 Å². The van der Waals surface area contributed by atoms with E-state index in [0.717, 1.165) is 11.0 Å². The van der Waals surface area contributed by atoms with Crippen molar-refractivity contribution in [3.63, 3.8) is 0 Å². The first-order valence-corrected chi connectivity index (χ1v) is 16.8. The molecule has 0 spiro atoms. The van der Waals surface area contributed by atoms with E-state index < -0.39 is 51.9 Å². The van der Waals surface area contributed by atoms with Crippen LogP contribution >= 0.6 is 34.8 Å². The van der Waals surface area contributed by atoms with Crippen molar-refractivity contribution >= 4 is 62.3 Å². The SMILES string of the molecule is CCNC(=O)[C@H](Cc1ccccc1)N(Cc1c(Cl)cccc1Cl)C(=O)CN(c1cc(C(F)(F)F)ccc1Cl)S(=O)(=O)c1ccccc1.